The van der Waals surface area contributed by atoms with Crippen LogP contribution in [0.5, 0.6) is 5.75 Å². The standard InChI is InChI=1S/C21H26F2N4O4/c1-11(2)30-18-16(23)12(22)9-14-17(18)25-15(27(14)20(29)31-21(3,4)5)10-26-8-6-7-13(24)19(26)28/h6-9,11,19,28H,10,24H2,1-5H3. The highest BCUT2D eigenvalue weighted by Crippen LogP contribution is 2.33. The minimum absolute atomic E-state index is 0.0159. The Hall–Kier alpha value is -3.14. The maximum atomic E-state index is 14.5. The van der Waals surface area contributed by atoms with Crippen molar-refractivity contribution in [3.63, 3.8) is 0 Å². The third kappa shape index (κ3) is 4.63. The maximum absolute atomic E-state index is 14.5. The Morgan fingerprint density at radius 3 is 2.65 bits per heavy atom. The normalized spacial score (nSPS) is 16.7. The number of carbonyl (C=O) groups is 1. The summed E-state index contributed by atoms with van der Waals surface area (Å²) in [5.41, 5.74) is 5.08. The van der Waals surface area contributed by atoms with Crippen LogP contribution < -0.4 is 10.5 Å². The lowest BCUT2D eigenvalue weighted by molar-refractivity contribution is 0.0480. The van der Waals surface area contributed by atoms with Gasteiger partial charge >= 0.3 is 6.09 Å². The van der Waals surface area contributed by atoms with Gasteiger partial charge in [0.25, 0.3) is 0 Å². The Balaban J connectivity index is 2.19. The van der Waals surface area contributed by atoms with Crippen molar-refractivity contribution in [2.75, 3.05) is 0 Å². The fraction of sp³-hybridized carbons (Fsp3) is 0.429. The summed E-state index contributed by atoms with van der Waals surface area (Å²) in [5, 5.41) is 10.3. The zero-order valence-corrected chi connectivity index (χ0v) is 18.0. The van der Waals surface area contributed by atoms with Crippen LogP contribution in [0, 0.1) is 11.6 Å². The molecule has 8 nitrogen and oxygen atoms in total. The predicted molar refractivity (Wildman–Crippen MR) is 110 cm³/mol. The van der Waals surface area contributed by atoms with E-state index in [-0.39, 0.29) is 29.1 Å². The highest BCUT2D eigenvalue weighted by Gasteiger charge is 2.29. The first-order valence-electron chi connectivity index (χ1n) is 9.76. The highest BCUT2D eigenvalue weighted by atomic mass is 19.2. The summed E-state index contributed by atoms with van der Waals surface area (Å²) >= 11 is 0. The molecular formula is C21H26F2N4O4. The molecule has 0 bridgehead atoms. The van der Waals surface area contributed by atoms with Crippen molar-refractivity contribution in [2.45, 2.75) is 59.1 Å². The quantitative estimate of drug-likeness (QED) is 0.757. The molecule has 168 valence electrons. The highest BCUT2D eigenvalue weighted by molar-refractivity contribution is 5.91. The van der Waals surface area contributed by atoms with Crippen molar-refractivity contribution in [3.05, 3.63) is 47.6 Å². The Kier molecular flexibility index (Phi) is 5.95. The smallest absolute Gasteiger partial charge is 0.420 e. The number of nitrogens with zero attached hydrogens (tertiary/aromatic N) is 3. The van der Waals surface area contributed by atoms with E-state index in [2.05, 4.69) is 4.98 Å². The van der Waals surface area contributed by atoms with Crippen molar-refractivity contribution in [2.24, 2.45) is 5.73 Å². The molecule has 0 radical (unpaired) electrons. The number of aromatic nitrogens is 2. The number of halogens is 2. The molecule has 1 aromatic carbocycles. The number of imidazole rings is 1. The van der Waals surface area contributed by atoms with Crippen LogP contribution in [0.25, 0.3) is 11.0 Å². The van der Waals surface area contributed by atoms with Gasteiger partial charge in [-0.2, -0.15) is 4.39 Å². The van der Waals surface area contributed by atoms with Crippen molar-refractivity contribution >= 4 is 17.1 Å². The summed E-state index contributed by atoms with van der Waals surface area (Å²) in [6.45, 7) is 8.27. The van der Waals surface area contributed by atoms with Gasteiger partial charge in [0.2, 0.25) is 5.82 Å². The lowest BCUT2D eigenvalue weighted by Gasteiger charge is -2.29. The summed E-state index contributed by atoms with van der Waals surface area (Å²) < 4.78 is 40.9. The van der Waals surface area contributed by atoms with E-state index in [1.54, 1.807) is 46.9 Å². The molecule has 0 amide bonds. The van der Waals surface area contributed by atoms with Crippen molar-refractivity contribution in [1.82, 2.24) is 14.5 Å². The van der Waals surface area contributed by atoms with E-state index in [0.717, 1.165) is 10.6 Å². The van der Waals surface area contributed by atoms with Gasteiger partial charge < -0.3 is 25.2 Å². The molecule has 2 heterocycles. The average molecular weight is 436 g/mol. The van der Waals surface area contributed by atoms with Gasteiger partial charge in [-0.05, 0) is 46.8 Å². The summed E-state index contributed by atoms with van der Waals surface area (Å²) in [7, 11) is 0. The fourth-order valence-corrected chi connectivity index (χ4v) is 3.06. The van der Waals surface area contributed by atoms with Crippen LogP contribution in [0.15, 0.2) is 30.1 Å². The van der Waals surface area contributed by atoms with E-state index in [4.69, 9.17) is 15.2 Å². The van der Waals surface area contributed by atoms with E-state index in [0.29, 0.717) is 0 Å². The number of rotatable bonds is 4. The Labute approximate surface area is 178 Å². The number of hydrogen-bond acceptors (Lipinski definition) is 7. The third-order valence-corrected chi connectivity index (χ3v) is 4.30. The van der Waals surface area contributed by atoms with Crippen LogP contribution in [0.1, 0.15) is 40.4 Å². The molecule has 1 aromatic heterocycles. The molecule has 2 aromatic rings. The van der Waals surface area contributed by atoms with Gasteiger partial charge in [0.1, 0.15) is 16.9 Å². The molecule has 1 aliphatic rings. The molecule has 1 unspecified atom stereocenters. The summed E-state index contributed by atoms with van der Waals surface area (Å²) in [4.78, 5) is 18.8. The van der Waals surface area contributed by atoms with E-state index in [1.165, 1.54) is 11.0 Å². The number of aliphatic hydroxyl groups is 1. The van der Waals surface area contributed by atoms with Gasteiger partial charge in [0, 0.05) is 12.3 Å². The van der Waals surface area contributed by atoms with Gasteiger partial charge in [0.15, 0.2) is 17.8 Å². The van der Waals surface area contributed by atoms with Crippen LogP contribution in [0.3, 0.4) is 0 Å². The number of fused-ring (bicyclic) bond motifs is 1. The Bertz CT molecular complexity index is 1070. The van der Waals surface area contributed by atoms with E-state index in [1.807, 2.05) is 0 Å². The van der Waals surface area contributed by atoms with Gasteiger partial charge in [-0.1, -0.05) is 0 Å². The molecule has 1 atom stereocenters. The maximum Gasteiger partial charge on any atom is 0.420 e. The predicted octanol–water partition coefficient (Wildman–Crippen LogP) is 3.38. The number of ether oxygens (including phenoxy) is 2. The largest absolute Gasteiger partial charge is 0.486 e. The molecule has 0 saturated carbocycles. The fourth-order valence-electron chi connectivity index (χ4n) is 3.06. The van der Waals surface area contributed by atoms with E-state index < -0.39 is 41.4 Å². The van der Waals surface area contributed by atoms with Crippen molar-refractivity contribution < 1.29 is 28.2 Å². The summed E-state index contributed by atoms with van der Waals surface area (Å²) in [5.74, 6) is -2.71. The second-order valence-corrected chi connectivity index (χ2v) is 8.43. The summed E-state index contributed by atoms with van der Waals surface area (Å²) in [6, 6.07) is 0.870. The molecule has 1 aliphatic heterocycles. The number of hydrogen-bond donors (Lipinski definition) is 2. The van der Waals surface area contributed by atoms with Gasteiger partial charge in [-0.3, -0.25) is 0 Å². The molecule has 10 heteroatoms. The molecule has 3 N–H and O–H groups in total. The van der Waals surface area contributed by atoms with Crippen LogP contribution in [0.4, 0.5) is 13.6 Å². The number of carbonyl (C=O) groups excluding carboxylic acids is 1. The second-order valence-electron chi connectivity index (χ2n) is 8.43. The molecule has 0 fully saturated rings. The molecule has 0 spiro atoms. The minimum Gasteiger partial charge on any atom is -0.486 e. The molecular weight excluding hydrogens is 410 g/mol. The topological polar surface area (TPSA) is 103 Å². The minimum atomic E-state index is -1.20. The number of nitrogens with two attached hydrogens (primary N) is 1. The third-order valence-electron chi connectivity index (χ3n) is 4.30. The number of benzene rings is 1. The number of aliphatic hydroxyl groups excluding tert-OH is 1. The number of allylic oxidation sites excluding steroid dienone is 2. The molecule has 0 saturated heterocycles. The first kappa shape index (κ1) is 22.5. The zero-order valence-electron chi connectivity index (χ0n) is 18.0. The van der Waals surface area contributed by atoms with Gasteiger partial charge in [0.05, 0.1) is 23.9 Å². The van der Waals surface area contributed by atoms with Crippen LogP contribution in [0.2, 0.25) is 0 Å². The summed E-state index contributed by atoms with van der Waals surface area (Å²) in [6.07, 6.45) is 2.27. The second kappa shape index (κ2) is 8.18. The zero-order chi connectivity index (χ0) is 23.1. The molecule has 31 heavy (non-hydrogen) atoms. The SMILES string of the molecule is CC(C)Oc1c(F)c(F)cc2c1nc(CN1C=CC=C(N)C1O)n2C(=O)OC(C)(C)C. The van der Waals surface area contributed by atoms with E-state index in [9.17, 15) is 18.7 Å². The van der Waals surface area contributed by atoms with Crippen molar-refractivity contribution in [1.29, 1.82) is 0 Å². The first-order chi connectivity index (χ1) is 14.4. The van der Waals surface area contributed by atoms with E-state index >= 15 is 0 Å². The van der Waals surface area contributed by atoms with Crippen LogP contribution in [-0.4, -0.2) is 43.6 Å². The Morgan fingerprint density at radius 2 is 2.03 bits per heavy atom. The molecule has 3 rings (SSSR count). The van der Waals surface area contributed by atoms with Gasteiger partial charge in [-0.15, -0.1) is 0 Å². The monoisotopic (exact) mass is 436 g/mol. The van der Waals surface area contributed by atoms with Crippen LogP contribution in [-0.2, 0) is 11.3 Å². The Morgan fingerprint density at radius 1 is 1.35 bits per heavy atom. The van der Waals surface area contributed by atoms with Crippen molar-refractivity contribution in [3.8, 4) is 5.75 Å². The molecule has 0 aliphatic carbocycles. The first-order valence-corrected chi connectivity index (χ1v) is 9.76. The van der Waals surface area contributed by atoms with Crippen LogP contribution >= 0.6 is 0 Å². The lowest BCUT2D eigenvalue weighted by Crippen LogP contribution is -2.37. The average Bonchev–Trinajstić information content (AvgIpc) is 2.99. The lowest BCUT2D eigenvalue weighted by atomic mass is 10.2. The van der Waals surface area contributed by atoms with Gasteiger partial charge in [-0.25, -0.2) is 18.7 Å².